The number of hydrogen-bond acceptors (Lipinski definition) is 5. The summed E-state index contributed by atoms with van der Waals surface area (Å²) in [5.41, 5.74) is 0.891. The summed E-state index contributed by atoms with van der Waals surface area (Å²) < 4.78 is 5.28. The summed E-state index contributed by atoms with van der Waals surface area (Å²) in [5, 5.41) is 8.93. The summed E-state index contributed by atoms with van der Waals surface area (Å²) in [5.74, 6) is -0.997. The smallest absolute Gasteiger partial charge is 0.305 e. The molecule has 1 aliphatic rings. The van der Waals surface area contributed by atoms with Crippen molar-refractivity contribution in [3.05, 3.63) is 30.1 Å². The lowest BCUT2D eigenvalue weighted by molar-refractivity contribution is -0.146. The fourth-order valence-electron chi connectivity index (χ4n) is 2.50. The molecule has 0 aromatic carbocycles. The van der Waals surface area contributed by atoms with E-state index in [1.54, 1.807) is 11.1 Å². The van der Waals surface area contributed by atoms with Crippen LogP contribution in [0.5, 0.6) is 0 Å². The van der Waals surface area contributed by atoms with E-state index in [1.165, 1.54) is 0 Å². The number of hydrogen-bond donors (Lipinski definition) is 1. The van der Waals surface area contributed by atoms with E-state index < -0.39 is 5.97 Å². The van der Waals surface area contributed by atoms with Crippen LogP contribution < -0.4 is 0 Å². The number of aromatic nitrogens is 1. The first kappa shape index (κ1) is 16.4. The Morgan fingerprint density at radius 1 is 1.50 bits per heavy atom. The monoisotopic (exact) mass is 307 g/mol. The average molecular weight is 307 g/mol. The van der Waals surface area contributed by atoms with Crippen molar-refractivity contribution in [1.29, 1.82) is 0 Å². The molecule has 0 spiro atoms. The minimum absolute atomic E-state index is 0.0759. The molecule has 1 aromatic heterocycles. The summed E-state index contributed by atoms with van der Waals surface area (Å²) in [6.45, 7) is 1.97. The molecule has 0 aliphatic carbocycles. The molecule has 120 valence electrons. The normalized spacial score (nSPS) is 18.5. The predicted molar refractivity (Wildman–Crippen MR) is 79.1 cm³/mol. The van der Waals surface area contributed by atoms with Gasteiger partial charge in [-0.15, -0.1) is 0 Å². The molecular formula is C15H21N3O4. The number of rotatable bonds is 6. The number of morpholine rings is 1. The van der Waals surface area contributed by atoms with Crippen LogP contribution in [0.1, 0.15) is 12.1 Å². The predicted octanol–water partition coefficient (Wildman–Crippen LogP) is 0.216. The molecule has 22 heavy (non-hydrogen) atoms. The number of amides is 1. The Kier molecular flexibility index (Phi) is 5.85. The maximum Gasteiger partial charge on any atom is 0.305 e. The lowest BCUT2D eigenvalue weighted by Crippen LogP contribution is -2.52. The summed E-state index contributed by atoms with van der Waals surface area (Å²) >= 11 is 0. The molecular weight excluding hydrogens is 286 g/mol. The Balaban J connectivity index is 1.90. The number of ether oxygens (including phenoxy) is 1. The third-order valence-corrected chi connectivity index (χ3v) is 3.52. The van der Waals surface area contributed by atoms with Gasteiger partial charge in [-0.3, -0.25) is 19.5 Å². The van der Waals surface area contributed by atoms with Gasteiger partial charge in [0.15, 0.2) is 0 Å². The van der Waals surface area contributed by atoms with Gasteiger partial charge < -0.3 is 14.7 Å². The summed E-state index contributed by atoms with van der Waals surface area (Å²) in [7, 11) is 1.85. The molecule has 1 aliphatic heterocycles. The van der Waals surface area contributed by atoms with Crippen molar-refractivity contribution in [2.75, 3.05) is 33.4 Å². The van der Waals surface area contributed by atoms with Crippen LogP contribution in [0.15, 0.2) is 24.4 Å². The minimum atomic E-state index is -0.921. The molecule has 1 saturated heterocycles. The van der Waals surface area contributed by atoms with Gasteiger partial charge in [-0.1, -0.05) is 6.07 Å². The lowest BCUT2D eigenvalue weighted by atomic mass is 10.1. The van der Waals surface area contributed by atoms with Crippen LogP contribution in [-0.4, -0.2) is 71.2 Å². The van der Waals surface area contributed by atoms with Crippen molar-refractivity contribution in [1.82, 2.24) is 14.8 Å². The van der Waals surface area contributed by atoms with Crippen molar-refractivity contribution < 1.29 is 19.4 Å². The number of pyridine rings is 1. The minimum Gasteiger partial charge on any atom is -0.481 e. The van der Waals surface area contributed by atoms with Gasteiger partial charge in [0.2, 0.25) is 5.91 Å². The highest BCUT2D eigenvalue weighted by Crippen LogP contribution is 2.12. The van der Waals surface area contributed by atoms with E-state index in [0.717, 1.165) is 5.69 Å². The molecule has 0 saturated carbocycles. The van der Waals surface area contributed by atoms with E-state index in [9.17, 15) is 9.59 Å². The summed E-state index contributed by atoms with van der Waals surface area (Å²) in [6.07, 6.45) is 1.63. The Morgan fingerprint density at radius 2 is 2.32 bits per heavy atom. The van der Waals surface area contributed by atoms with Crippen molar-refractivity contribution in [2.45, 2.75) is 19.0 Å². The van der Waals surface area contributed by atoms with Crippen LogP contribution in [0.4, 0.5) is 0 Å². The van der Waals surface area contributed by atoms with Crippen molar-refractivity contribution in [3.8, 4) is 0 Å². The zero-order valence-corrected chi connectivity index (χ0v) is 12.6. The number of carboxylic acid groups (broad SMARTS) is 1. The van der Waals surface area contributed by atoms with Gasteiger partial charge in [-0.2, -0.15) is 0 Å². The van der Waals surface area contributed by atoms with E-state index in [2.05, 4.69) is 4.98 Å². The van der Waals surface area contributed by atoms with Gasteiger partial charge in [0.1, 0.15) is 0 Å². The number of nitrogens with zero attached hydrogens (tertiary/aromatic N) is 3. The van der Waals surface area contributed by atoms with Crippen LogP contribution >= 0.6 is 0 Å². The lowest BCUT2D eigenvalue weighted by Gasteiger charge is -2.35. The average Bonchev–Trinajstić information content (AvgIpc) is 2.48. The van der Waals surface area contributed by atoms with Gasteiger partial charge in [0, 0.05) is 19.3 Å². The second-order valence-corrected chi connectivity index (χ2v) is 5.41. The number of likely N-dealkylation sites (N-methyl/N-ethyl adjacent to an activating group) is 1. The van der Waals surface area contributed by atoms with Gasteiger partial charge >= 0.3 is 5.97 Å². The van der Waals surface area contributed by atoms with E-state index in [-0.39, 0.29) is 31.5 Å². The molecule has 1 amide bonds. The first-order valence-electron chi connectivity index (χ1n) is 7.23. The second-order valence-electron chi connectivity index (χ2n) is 5.41. The molecule has 1 fully saturated rings. The van der Waals surface area contributed by atoms with E-state index in [0.29, 0.717) is 19.7 Å². The SMILES string of the molecule is CN(CC(=O)N1CCOC[C@@H]1CC(=O)O)Cc1ccccn1. The summed E-state index contributed by atoms with van der Waals surface area (Å²) in [4.78, 5) is 31.0. The fourth-order valence-corrected chi connectivity index (χ4v) is 2.50. The zero-order valence-electron chi connectivity index (χ0n) is 12.6. The Labute approximate surface area is 129 Å². The van der Waals surface area contributed by atoms with Gasteiger partial charge in [-0.25, -0.2) is 0 Å². The number of carbonyl (C=O) groups is 2. The van der Waals surface area contributed by atoms with Crippen LogP contribution in [0.3, 0.4) is 0 Å². The van der Waals surface area contributed by atoms with Crippen molar-refractivity contribution >= 4 is 11.9 Å². The van der Waals surface area contributed by atoms with Crippen LogP contribution in [-0.2, 0) is 20.9 Å². The molecule has 7 nitrogen and oxygen atoms in total. The quantitative estimate of drug-likeness (QED) is 0.809. The second kappa shape index (κ2) is 7.86. The highest BCUT2D eigenvalue weighted by Gasteiger charge is 2.29. The maximum atomic E-state index is 12.4. The first-order valence-corrected chi connectivity index (χ1v) is 7.23. The van der Waals surface area contributed by atoms with E-state index in [4.69, 9.17) is 9.84 Å². The molecule has 0 bridgehead atoms. The highest BCUT2D eigenvalue weighted by molar-refractivity contribution is 5.79. The highest BCUT2D eigenvalue weighted by atomic mass is 16.5. The molecule has 7 heteroatoms. The van der Waals surface area contributed by atoms with Crippen molar-refractivity contribution in [2.24, 2.45) is 0 Å². The largest absolute Gasteiger partial charge is 0.481 e. The van der Waals surface area contributed by atoms with Gasteiger partial charge in [0.25, 0.3) is 0 Å². The Bertz CT molecular complexity index is 509. The molecule has 2 heterocycles. The number of carbonyl (C=O) groups excluding carboxylic acids is 1. The van der Waals surface area contributed by atoms with Crippen LogP contribution in [0, 0.1) is 0 Å². The van der Waals surface area contributed by atoms with Gasteiger partial charge in [0.05, 0.1) is 37.9 Å². The maximum absolute atomic E-state index is 12.4. The first-order chi connectivity index (χ1) is 10.6. The van der Waals surface area contributed by atoms with Crippen LogP contribution in [0.25, 0.3) is 0 Å². The van der Waals surface area contributed by atoms with Gasteiger partial charge in [-0.05, 0) is 19.2 Å². The number of carboxylic acids is 1. The summed E-state index contributed by atoms with van der Waals surface area (Å²) in [6, 6.07) is 5.27. The van der Waals surface area contributed by atoms with E-state index >= 15 is 0 Å². The van der Waals surface area contributed by atoms with E-state index in [1.807, 2.05) is 30.1 Å². The topological polar surface area (TPSA) is 83.0 Å². The fraction of sp³-hybridized carbons (Fsp3) is 0.533. The molecule has 1 atom stereocenters. The number of aliphatic carboxylic acids is 1. The third-order valence-electron chi connectivity index (χ3n) is 3.52. The van der Waals surface area contributed by atoms with Crippen LogP contribution in [0.2, 0.25) is 0 Å². The molecule has 0 unspecified atom stereocenters. The molecule has 1 N–H and O–H groups in total. The zero-order chi connectivity index (χ0) is 15.9. The third kappa shape index (κ3) is 4.78. The van der Waals surface area contributed by atoms with Crippen molar-refractivity contribution in [3.63, 3.8) is 0 Å². The Hall–Kier alpha value is -1.99. The standard InChI is InChI=1S/C15H21N3O4/c1-17(9-12-4-2-3-5-16-12)10-14(19)18-6-7-22-11-13(18)8-15(20)21/h2-5,13H,6-11H2,1H3,(H,20,21)/t13-/m0/s1. The molecule has 2 rings (SSSR count). The molecule has 0 radical (unpaired) electrons. The Morgan fingerprint density at radius 3 is 3.00 bits per heavy atom. The molecule has 1 aromatic rings.